The molecule has 0 aromatic carbocycles. The molecule has 3 atom stereocenters. The van der Waals surface area contributed by atoms with Crippen molar-refractivity contribution < 1.29 is 9.53 Å². The number of rotatable bonds is 3. The van der Waals surface area contributed by atoms with Gasteiger partial charge in [0.15, 0.2) is 0 Å². The summed E-state index contributed by atoms with van der Waals surface area (Å²) < 4.78 is 5.78. The monoisotopic (exact) mass is 266 g/mol. The van der Waals surface area contributed by atoms with Crippen LogP contribution >= 0.6 is 0 Å². The average Bonchev–Trinajstić information content (AvgIpc) is 2.37. The maximum absolute atomic E-state index is 11.9. The molecule has 0 saturated heterocycles. The zero-order chi connectivity index (χ0) is 14.0. The largest absolute Gasteiger partial charge is 0.459 e. The van der Waals surface area contributed by atoms with Gasteiger partial charge in [-0.05, 0) is 50.9 Å². The van der Waals surface area contributed by atoms with Crippen LogP contribution < -0.4 is 0 Å². The number of hydrogen-bond donors (Lipinski definition) is 0. The van der Waals surface area contributed by atoms with Crippen molar-refractivity contribution in [1.82, 2.24) is 0 Å². The van der Waals surface area contributed by atoms with Gasteiger partial charge in [-0.3, -0.25) is 4.79 Å². The van der Waals surface area contributed by atoms with Crippen LogP contribution in [-0.4, -0.2) is 11.6 Å². The van der Waals surface area contributed by atoms with Crippen molar-refractivity contribution in [2.75, 3.05) is 0 Å². The molecule has 19 heavy (non-hydrogen) atoms. The molecular weight excluding hydrogens is 236 g/mol. The lowest BCUT2D eigenvalue weighted by atomic mass is 9.64. The highest BCUT2D eigenvalue weighted by molar-refractivity contribution is 5.72. The van der Waals surface area contributed by atoms with Crippen LogP contribution in [0.25, 0.3) is 0 Å². The summed E-state index contributed by atoms with van der Waals surface area (Å²) in [6.07, 6.45) is 9.51. The van der Waals surface area contributed by atoms with Crippen LogP contribution in [0.1, 0.15) is 72.6 Å². The highest BCUT2D eigenvalue weighted by Gasteiger charge is 2.40. The number of esters is 1. The molecule has 2 rings (SSSR count). The summed E-state index contributed by atoms with van der Waals surface area (Å²) in [4.78, 5) is 11.9. The van der Waals surface area contributed by atoms with Gasteiger partial charge in [0.2, 0.25) is 0 Å². The molecular formula is C17H30O2. The first-order valence-corrected chi connectivity index (χ1v) is 8.13. The van der Waals surface area contributed by atoms with E-state index in [1.165, 1.54) is 44.9 Å². The highest BCUT2D eigenvalue weighted by atomic mass is 16.6. The number of hydrogen-bond acceptors (Lipinski definition) is 2. The Morgan fingerprint density at radius 1 is 1.05 bits per heavy atom. The Balaban J connectivity index is 1.95. The van der Waals surface area contributed by atoms with Crippen LogP contribution in [0, 0.1) is 23.7 Å². The summed E-state index contributed by atoms with van der Waals surface area (Å²) in [5.41, 5.74) is -0.288. The lowest BCUT2D eigenvalue weighted by Gasteiger charge is -2.44. The molecule has 0 amide bonds. The summed E-state index contributed by atoms with van der Waals surface area (Å²) in [7, 11) is 0. The third kappa shape index (κ3) is 3.52. The van der Waals surface area contributed by atoms with Gasteiger partial charge in [0, 0.05) is 0 Å². The molecule has 0 N–H and O–H groups in total. The van der Waals surface area contributed by atoms with Crippen molar-refractivity contribution in [2.24, 2.45) is 23.7 Å². The first-order valence-electron chi connectivity index (χ1n) is 8.13. The van der Waals surface area contributed by atoms with Crippen molar-refractivity contribution in [1.29, 1.82) is 0 Å². The van der Waals surface area contributed by atoms with Gasteiger partial charge in [-0.2, -0.15) is 0 Å². The second-order valence-electron chi connectivity index (χ2n) is 7.49. The van der Waals surface area contributed by atoms with Gasteiger partial charge in [-0.15, -0.1) is 0 Å². The molecule has 2 saturated carbocycles. The van der Waals surface area contributed by atoms with E-state index in [0.29, 0.717) is 5.92 Å². The molecule has 0 radical (unpaired) electrons. The molecule has 0 aromatic heterocycles. The minimum Gasteiger partial charge on any atom is -0.459 e. The zero-order valence-corrected chi connectivity index (χ0v) is 13.1. The molecule has 2 aliphatic carbocycles. The van der Waals surface area contributed by atoms with E-state index in [9.17, 15) is 4.79 Å². The molecule has 2 nitrogen and oxygen atoms in total. The van der Waals surface area contributed by atoms with Crippen molar-refractivity contribution in [3.8, 4) is 0 Å². The van der Waals surface area contributed by atoms with E-state index in [1.54, 1.807) is 0 Å². The quantitative estimate of drug-likeness (QED) is 0.699. The first-order chi connectivity index (χ1) is 8.90. The van der Waals surface area contributed by atoms with Crippen molar-refractivity contribution in [3.63, 3.8) is 0 Å². The molecule has 0 spiro atoms. The van der Waals surface area contributed by atoms with Gasteiger partial charge < -0.3 is 4.74 Å². The Kier molecular flexibility index (Phi) is 4.58. The van der Waals surface area contributed by atoms with E-state index in [4.69, 9.17) is 4.74 Å². The van der Waals surface area contributed by atoms with E-state index in [-0.39, 0.29) is 17.5 Å². The summed E-state index contributed by atoms with van der Waals surface area (Å²) in [5.74, 6) is 2.33. The van der Waals surface area contributed by atoms with Crippen molar-refractivity contribution in [2.45, 2.75) is 78.2 Å². The van der Waals surface area contributed by atoms with Crippen LogP contribution in [0.15, 0.2) is 0 Å². The summed E-state index contributed by atoms with van der Waals surface area (Å²) in [6.45, 7) is 8.05. The Morgan fingerprint density at radius 3 is 2.32 bits per heavy atom. The summed E-state index contributed by atoms with van der Waals surface area (Å²) in [5, 5.41) is 0. The third-order valence-corrected chi connectivity index (χ3v) is 5.36. The zero-order valence-electron chi connectivity index (χ0n) is 13.1. The lowest BCUT2D eigenvalue weighted by molar-refractivity contribution is -0.168. The lowest BCUT2D eigenvalue weighted by Crippen LogP contribution is -2.42. The van der Waals surface area contributed by atoms with Crippen LogP contribution in [0.2, 0.25) is 0 Å². The molecule has 0 bridgehead atoms. The minimum atomic E-state index is -0.288. The Hall–Kier alpha value is -0.530. The Labute approximate surface area is 118 Å². The topological polar surface area (TPSA) is 26.3 Å². The predicted octanol–water partition coefficient (Wildman–Crippen LogP) is 4.57. The van der Waals surface area contributed by atoms with Crippen LogP contribution in [0.4, 0.5) is 0 Å². The predicted molar refractivity (Wildman–Crippen MR) is 77.8 cm³/mol. The fourth-order valence-corrected chi connectivity index (χ4v) is 3.97. The maximum atomic E-state index is 11.9. The standard InChI is InChI=1S/C17H30O2/c1-12(2)16(18)19-17(3,4)15-10-9-13-7-5-6-8-14(13)11-15/h12-15H,5-11H2,1-4H3. The maximum Gasteiger partial charge on any atom is 0.308 e. The first kappa shape index (κ1) is 14.9. The third-order valence-electron chi connectivity index (χ3n) is 5.36. The molecule has 0 aromatic rings. The molecule has 2 heteroatoms. The minimum absolute atomic E-state index is 0.0229. The molecule has 2 aliphatic rings. The van der Waals surface area contributed by atoms with Crippen LogP contribution in [-0.2, 0) is 9.53 Å². The van der Waals surface area contributed by atoms with Gasteiger partial charge in [-0.25, -0.2) is 0 Å². The van der Waals surface area contributed by atoms with Crippen LogP contribution in [0.5, 0.6) is 0 Å². The van der Waals surface area contributed by atoms with Gasteiger partial charge in [0.1, 0.15) is 5.60 Å². The summed E-state index contributed by atoms with van der Waals surface area (Å²) >= 11 is 0. The summed E-state index contributed by atoms with van der Waals surface area (Å²) in [6, 6.07) is 0. The van der Waals surface area contributed by atoms with E-state index in [2.05, 4.69) is 13.8 Å². The van der Waals surface area contributed by atoms with E-state index in [1.807, 2.05) is 13.8 Å². The number of fused-ring (bicyclic) bond motifs is 1. The average molecular weight is 266 g/mol. The molecule has 2 fully saturated rings. The van der Waals surface area contributed by atoms with Gasteiger partial charge in [0.25, 0.3) is 0 Å². The van der Waals surface area contributed by atoms with Gasteiger partial charge >= 0.3 is 5.97 Å². The fourth-order valence-electron chi connectivity index (χ4n) is 3.97. The second-order valence-corrected chi connectivity index (χ2v) is 7.49. The molecule has 3 unspecified atom stereocenters. The molecule has 110 valence electrons. The number of carbonyl (C=O) groups is 1. The van der Waals surface area contributed by atoms with Crippen LogP contribution in [0.3, 0.4) is 0 Å². The smallest absolute Gasteiger partial charge is 0.308 e. The second kappa shape index (κ2) is 5.85. The van der Waals surface area contributed by atoms with E-state index < -0.39 is 0 Å². The highest BCUT2D eigenvalue weighted by Crippen LogP contribution is 2.46. The molecule has 0 aliphatic heterocycles. The van der Waals surface area contributed by atoms with Crippen molar-refractivity contribution in [3.05, 3.63) is 0 Å². The number of carbonyl (C=O) groups excluding carboxylic acids is 1. The van der Waals surface area contributed by atoms with E-state index in [0.717, 1.165) is 11.8 Å². The Bertz CT molecular complexity index is 319. The molecule has 0 heterocycles. The Morgan fingerprint density at radius 2 is 1.68 bits per heavy atom. The SMILES string of the molecule is CC(C)C(=O)OC(C)(C)C1CCC2CCCCC2C1. The fraction of sp³-hybridized carbons (Fsp3) is 0.941. The van der Waals surface area contributed by atoms with E-state index >= 15 is 0 Å². The normalized spacial score (nSPS) is 31.9. The van der Waals surface area contributed by atoms with Gasteiger partial charge in [0.05, 0.1) is 5.92 Å². The van der Waals surface area contributed by atoms with Gasteiger partial charge in [-0.1, -0.05) is 39.5 Å². The number of ether oxygens (including phenoxy) is 1. The van der Waals surface area contributed by atoms with Crippen molar-refractivity contribution >= 4 is 5.97 Å².